The van der Waals surface area contributed by atoms with Crippen LogP contribution in [0.3, 0.4) is 0 Å². The van der Waals surface area contributed by atoms with Crippen molar-refractivity contribution >= 4 is 10.9 Å². The summed E-state index contributed by atoms with van der Waals surface area (Å²) in [6.45, 7) is 6.63. The molecule has 3 heteroatoms. The number of aliphatic hydroxyl groups is 1. The van der Waals surface area contributed by atoms with Crippen LogP contribution in [0.2, 0.25) is 0 Å². The summed E-state index contributed by atoms with van der Waals surface area (Å²) in [5.41, 5.74) is 3.80. The highest BCUT2D eigenvalue weighted by molar-refractivity contribution is 5.80. The van der Waals surface area contributed by atoms with Gasteiger partial charge in [0.15, 0.2) is 0 Å². The summed E-state index contributed by atoms with van der Waals surface area (Å²) < 4.78 is 2.08. The number of hydrogen-bond acceptors (Lipinski definition) is 2. The molecule has 0 unspecified atom stereocenters. The zero-order chi connectivity index (χ0) is 14.3. The molecule has 1 aliphatic rings. The van der Waals surface area contributed by atoms with E-state index in [0.29, 0.717) is 12.0 Å². The maximum Gasteiger partial charge on any atom is 0.0926 e. The van der Waals surface area contributed by atoms with E-state index in [-0.39, 0.29) is 6.10 Å². The molecule has 1 saturated carbocycles. The van der Waals surface area contributed by atoms with E-state index in [2.05, 4.69) is 43.8 Å². The fraction of sp³-hybridized carbons (Fsp3) is 0.588. The lowest BCUT2D eigenvalue weighted by Crippen LogP contribution is -2.22. The first-order valence-corrected chi connectivity index (χ1v) is 7.72. The van der Waals surface area contributed by atoms with Gasteiger partial charge in [-0.2, -0.15) is 5.10 Å². The van der Waals surface area contributed by atoms with E-state index < -0.39 is 0 Å². The van der Waals surface area contributed by atoms with Crippen LogP contribution >= 0.6 is 0 Å². The van der Waals surface area contributed by atoms with Crippen LogP contribution in [0.4, 0.5) is 0 Å². The molecule has 3 rings (SSSR count). The monoisotopic (exact) mass is 272 g/mol. The number of nitrogens with zero attached hydrogens (tertiary/aromatic N) is 2. The molecular weight excluding hydrogens is 248 g/mol. The lowest BCUT2D eigenvalue weighted by molar-refractivity contribution is 0.100. The van der Waals surface area contributed by atoms with Gasteiger partial charge in [0.05, 0.1) is 17.7 Å². The van der Waals surface area contributed by atoms with Gasteiger partial charge in [-0.05, 0) is 61.8 Å². The highest BCUT2D eigenvalue weighted by Crippen LogP contribution is 2.30. The third kappa shape index (κ3) is 2.47. The molecule has 0 saturated heterocycles. The van der Waals surface area contributed by atoms with Crippen LogP contribution in [0.1, 0.15) is 62.6 Å². The van der Waals surface area contributed by atoms with Crippen molar-refractivity contribution in [3.05, 3.63) is 29.5 Å². The molecule has 1 heterocycles. The molecular formula is C17H24N2O. The van der Waals surface area contributed by atoms with Crippen molar-refractivity contribution in [1.82, 2.24) is 9.78 Å². The standard InChI is InChI=1S/C17H24N2O/c1-11(2)16-8-13-10-19(18-17(13)7-12(16)3)14-5-4-6-15(20)9-14/h7-8,10-11,14-15,20H,4-6,9H2,1-3H3/t14-,15+/m1/s1. The second-order valence-electron chi connectivity index (χ2n) is 6.51. The fourth-order valence-corrected chi connectivity index (χ4v) is 3.40. The quantitative estimate of drug-likeness (QED) is 0.899. The zero-order valence-electron chi connectivity index (χ0n) is 12.6. The highest BCUT2D eigenvalue weighted by Gasteiger charge is 2.22. The van der Waals surface area contributed by atoms with Gasteiger partial charge in [-0.15, -0.1) is 0 Å². The molecule has 20 heavy (non-hydrogen) atoms. The Balaban J connectivity index is 1.98. The molecule has 108 valence electrons. The van der Waals surface area contributed by atoms with Gasteiger partial charge in [0.2, 0.25) is 0 Å². The van der Waals surface area contributed by atoms with Crippen molar-refractivity contribution < 1.29 is 5.11 Å². The van der Waals surface area contributed by atoms with Gasteiger partial charge in [0, 0.05) is 11.6 Å². The molecule has 1 aliphatic carbocycles. The first-order chi connectivity index (χ1) is 9.54. The topological polar surface area (TPSA) is 38.0 Å². The molecule has 2 atom stereocenters. The predicted molar refractivity (Wildman–Crippen MR) is 82.1 cm³/mol. The number of fused-ring (bicyclic) bond motifs is 1. The Kier molecular flexibility index (Phi) is 3.55. The van der Waals surface area contributed by atoms with E-state index in [1.54, 1.807) is 0 Å². The van der Waals surface area contributed by atoms with Gasteiger partial charge in [-0.3, -0.25) is 4.68 Å². The van der Waals surface area contributed by atoms with Gasteiger partial charge < -0.3 is 5.11 Å². The molecule has 0 spiro atoms. The number of rotatable bonds is 2. The van der Waals surface area contributed by atoms with Crippen LogP contribution in [0.5, 0.6) is 0 Å². The minimum atomic E-state index is -0.158. The zero-order valence-corrected chi connectivity index (χ0v) is 12.6. The largest absolute Gasteiger partial charge is 0.393 e. The van der Waals surface area contributed by atoms with Gasteiger partial charge in [-0.1, -0.05) is 13.8 Å². The Morgan fingerprint density at radius 1 is 1.30 bits per heavy atom. The Labute approximate surface area is 120 Å². The summed E-state index contributed by atoms with van der Waals surface area (Å²) in [7, 11) is 0. The van der Waals surface area contributed by atoms with E-state index in [1.165, 1.54) is 16.5 Å². The van der Waals surface area contributed by atoms with E-state index in [4.69, 9.17) is 5.10 Å². The number of hydrogen-bond donors (Lipinski definition) is 1. The molecule has 1 N–H and O–H groups in total. The van der Waals surface area contributed by atoms with Crippen LogP contribution in [0.25, 0.3) is 10.9 Å². The van der Waals surface area contributed by atoms with Crippen molar-refractivity contribution in [3.63, 3.8) is 0 Å². The molecule has 0 radical (unpaired) electrons. The van der Waals surface area contributed by atoms with Crippen molar-refractivity contribution in [2.45, 2.75) is 64.5 Å². The Hall–Kier alpha value is -1.35. The first-order valence-electron chi connectivity index (χ1n) is 7.72. The van der Waals surface area contributed by atoms with E-state index in [9.17, 15) is 5.11 Å². The average molecular weight is 272 g/mol. The number of aromatic nitrogens is 2. The smallest absolute Gasteiger partial charge is 0.0926 e. The third-order valence-electron chi connectivity index (χ3n) is 4.52. The van der Waals surface area contributed by atoms with Gasteiger partial charge >= 0.3 is 0 Å². The predicted octanol–water partition coefficient (Wildman–Crippen LogP) is 3.94. The average Bonchev–Trinajstić information content (AvgIpc) is 2.80. The first kappa shape index (κ1) is 13.6. The van der Waals surface area contributed by atoms with Gasteiger partial charge in [0.1, 0.15) is 0 Å². The van der Waals surface area contributed by atoms with Crippen LogP contribution < -0.4 is 0 Å². The van der Waals surface area contributed by atoms with Gasteiger partial charge in [-0.25, -0.2) is 0 Å². The Morgan fingerprint density at radius 3 is 2.80 bits per heavy atom. The van der Waals surface area contributed by atoms with Crippen molar-refractivity contribution in [2.24, 2.45) is 0 Å². The second-order valence-corrected chi connectivity index (χ2v) is 6.51. The minimum Gasteiger partial charge on any atom is -0.393 e. The normalized spacial score (nSPS) is 23.6. The van der Waals surface area contributed by atoms with E-state index in [0.717, 1.165) is 31.2 Å². The minimum absolute atomic E-state index is 0.158. The van der Waals surface area contributed by atoms with Crippen molar-refractivity contribution in [2.75, 3.05) is 0 Å². The van der Waals surface area contributed by atoms with Crippen LogP contribution in [-0.2, 0) is 0 Å². The fourth-order valence-electron chi connectivity index (χ4n) is 3.40. The summed E-state index contributed by atoms with van der Waals surface area (Å²) in [5.74, 6) is 0.541. The van der Waals surface area contributed by atoms with E-state index >= 15 is 0 Å². The Bertz CT molecular complexity index is 615. The van der Waals surface area contributed by atoms with Crippen LogP contribution in [0, 0.1) is 6.92 Å². The molecule has 3 nitrogen and oxygen atoms in total. The third-order valence-corrected chi connectivity index (χ3v) is 4.52. The molecule has 1 aromatic heterocycles. The molecule has 0 aliphatic heterocycles. The van der Waals surface area contributed by atoms with Crippen LogP contribution in [-0.4, -0.2) is 21.0 Å². The molecule has 0 amide bonds. The van der Waals surface area contributed by atoms with Crippen molar-refractivity contribution in [1.29, 1.82) is 0 Å². The van der Waals surface area contributed by atoms with Crippen molar-refractivity contribution in [3.8, 4) is 0 Å². The van der Waals surface area contributed by atoms with Crippen LogP contribution in [0.15, 0.2) is 18.3 Å². The maximum absolute atomic E-state index is 9.84. The summed E-state index contributed by atoms with van der Waals surface area (Å²) in [5, 5.41) is 15.8. The Morgan fingerprint density at radius 2 is 2.10 bits per heavy atom. The summed E-state index contributed by atoms with van der Waals surface area (Å²) in [6.07, 6.45) is 6.00. The number of aliphatic hydroxyl groups excluding tert-OH is 1. The molecule has 0 bridgehead atoms. The molecule has 1 aromatic carbocycles. The molecule has 1 fully saturated rings. The number of benzene rings is 1. The lowest BCUT2D eigenvalue weighted by Gasteiger charge is -2.25. The second kappa shape index (κ2) is 5.21. The summed E-state index contributed by atoms with van der Waals surface area (Å²) in [4.78, 5) is 0. The number of aryl methyl sites for hydroxylation is 1. The summed E-state index contributed by atoms with van der Waals surface area (Å²) in [6, 6.07) is 4.83. The highest BCUT2D eigenvalue weighted by atomic mass is 16.3. The lowest BCUT2D eigenvalue weighted by atomic mass is 9.93. The summed E-state index contributed by atoms with van der Waals surface area (Å²) >= 11 is 0. The SMILES string of the molecule is Cc1cc2nn([C@@H]3CCC[C@H](O)C3)cc2cc1C(C)C. The van der Waals surface area contributed by atoms with Gasteiger partial charge in [0.25, 0.3) is 0 Å². The molecule has 2 aromatic rings. The maximum atomic E-state index is 9.84. The van der Waals surface area contributed by atoms with E-state index in [1.807, 2.05) is 0 Å².